The number of ketones is 1. The maximum atomic E-state index is 12.4. The van der Waals surface area contributed by atoms with Gasteiger partial charge in [-0.05, 0) is 35.6 Å². The number of ether oxygens (including phenoxy) is 1. The van der Waals surface area contributed by atoms with Gasteiger partial charge in [-0.2, -0.15) is 0 Å². The quantitative estimate of drug-likeness (QED) is 0.774. The van der Waals surface area contributed by atoms with Gasteiger partial charge < -0.3 is 4.74 Å². The molecule has 0 unspecified atom stereocenters. The molecule has 2 heteroatoms. The van der Waals surface area contributed by atoms with E-state index in [0.29, 0.717) is 6.42 Å². The summed E-state index contributed by atoms with van der Waals surface area (Å²) in [6, 6.07) is 14.2. The number of rotatable bonds is 5. The standard InChI is InChI=1S/C19H20O2/c1-2-15-5-3-4-6-17(15)18(20)9-7-14-8-10-19-16(13-14)11-12-21-19/h3-6,8,10,13H,2,7,9,11-12H2,1H3. The van der Waals surface area contributed by atoms with Crippen molar-refractivity contribution in [2.45, 2.75) is 32.6 Å². The van der Waals surface area contributed by atoms with E-state index in [1.54, 1.807) is 0 Å². The Labute approximate surface area is 125 Å². The van der Waals surface area contributed by atoms with Gasteiger partial charge in [0, 0.05) is 18.4 Å². The number of hydrogen-bond donors (Lipinski definition) is 0. The summed E-state index contributed by atoms with van der Waals surface area (Å²) in [5, 5.41) is 0. The Balaban J connectivity index is 1.68. The van der Waals surface area contributed by atoms with Gasteiger partial charge in [-0.25, -0.2) is 0 Å². The largest absolute Gasteiger partial charge is 0.493 e. The van der Waals surface area contributed by atoms with E-state index in [9.17, 15) is 4.79 Å². The highest BCUT2D eigenvalue weighted by Crippen LogP contribution is 2.26. The molecular formula is C19H20O2. The molecule has 0 saturated heterocycles. The predicted molar refractivity (Wildman–Crippen MR) is 84.1 cm³/mol. The van der Waals surface area contributed by atoms with Gasteiger partial charge in [-0.15, -0.1) is 0 Å². The van der Waals surface area contributed by atoms with E-state index in [4.69, 9.17) is 4.74 Å². The van der Waals surface area contributed by atoms with Crippen molar-refractivity contribution in [3.8, 4) is 5.75 Å². The van der Waals surface area contributed by atoms with Crippen LogP contribution in [-0.2, 0) is 19.3 Å². The van der Waals surface area contributed by atoms with Crippen LogP contribution in [0.15, 0.2) is 42.5 Å². The summed E-state index contributed by atoms with van der Waals surface area (Å²) in [5.74, 6) is 1.24. The molecular weight excluding hydrogens is 260 g/mol. The summed E-state index contributed by atoms with van der Waals surface area (Å²) in [6.07, 6.45) is 3.24. The van der Waals surface area contributed by atoms with Gasteiger partial charge >= 0.3 is 0 Å². The van der Waals surface area contributed by atoms with Crippen LogP contribution in [0.5, 0.6) is 5.75 Å². The first-order chi connectivity index (χ1) is 10.3. The lowest BCUT2D eigenvalue weighted by Crippen LogP contribution is -2.04. The van der Waals surface area contributed by atoms with E-state index >= 15 is 0 Å². The molecule has 2 aromatic carbocycles. The lowest BCUT2D eigenvalue weighted by atomic mass is 9.97. The highest BCUT2D eigenvalue weighted by molar-refractivity contribution is 5.97. The molecule has 0 radical (unpaired) electrons. The van der Waals surface area contributed by atoms with Crippen molar-refractivity contribution in [3.05, 3.63) is 64.7 Å². The highest BCUT2D eigenvalue weighted by atomic mass is 16.5. The van der Waals surface area contributed by atoms with Crippen LogP contribution in [0.25, 0.3) is 0 Å². The van der Waals surface area contributed by atoms with E-state index in [1.807, 2.05) is 30.3 Å². The van der Waals surface area contributed by atoms with E-state index in [0.717, 1.165) is 42.7 Å². The number of Topliss-reactive ketones (excluding diaryl/α,β-unsaturated/α-hetero) is 1. The average molecular weight is 280 g/mol. The first-order valence-corrected chi connectivity index (χ1v) is 7.63. The molecule has 1 aliphatic heterocycles. The Hall–Kier alpha value is -2.09. The van der Waals surface area contributed by atoms with Crippen molar-refractivity contribution in [1.29, 1.82) is 0 Å². The normalized spacial score (nSPS) is 12.8. The fourth-order valence-corrected chi connectivity index (χ4v) is 2.89. The van der Waals surface area contributed by atoms with Crippen LogP contribution in [0.1, 0.15) is 40.4 Å². The van der Waals surface area contributed by atoms with Crippen LogP contribution in [-0.4, -0.2) is 12.4 Å². The zero-order chi connectivity index (χ0) is 14.7. The van der Waals surface area contributed by atoms with Crippen LogP contribution in [0.4, 0.5) is 0 Å². The van der Waals surface area contributed by atoms with Crippen molar-refractivity contribution < 1.29 is 9.53 Å². The summed E-state index contributed by atoms with van der Waals surface area (Å²) in [5.41, 5.74) is 4.52. The lowest BCUT2D eigenvalue weighted by Gasteiger charge is -2.07. The molecule has 1 heterocycles. The van der Waals surface area contributed by atoms with Crippen molar-refractivity contribution in [1.82, 2.24) is 0 Å². The zero-order valence-electron chi connectivity index (χ0n) is 12.4. The zero-order valence-corrected chi connectivity index (χ0v) is 12.4. The van der Waals surface area contributed by atoms with Gasteiger partial charge in [0.15, 0.2) is 5.78 Å². The van der Waals surface area contributed by atoms with Gasteiger partial charge in [0.2, 0.25) is 0 Å². The molecule has 2 aromatic rings. The molecule has 1 aliphatic rings. The number of aryl methyl sites for hydroxylation is 2. The molecule has 3 rings (SSSR count). The predicted octanol–water partition coefficient (Wildman–Crippen LogP) is 4.00. The molecule has 0 aromatic heterocycles. The summed E-state index contributed by atoms with van der Waals surface area (Å²) >= 11 is 0. The first kappa shape index (κ1) is 13.9. The fraction of sp³-hybridized carbons (Fsp3) is 0.316. The molecule has 0 fully saturated rings. The molecule has 0 spiro atoms. The van der Waals surface area contributed by atoms with E-state index in [1.165, 1.54) is 11.1 Å². The maximum Gasteiger partial charge on any atom is 0.163 e. The summed E-state index contributed by atoms with van der Waals surface area (Å²) < 4.78 is 5.51. The lowest BCUT2D eigenvalue weighted by molar-refractivity contribution is 0.0982. The topological polar surface area (TPSA) is 26.3 Å². The minimum atomic E-state index is 0.240. The SMILES string of the molecule is CCc1ccccc1C(=O)CCc1ccc2c(c1)CCO2. The van der Waals surface area contributed by atoms with E-state index in [-0.39, 0.29) is 5.78 Å². The number of fused-ring (bicyclic) bond motifs is 1. The van der Waals surface area contributed by atoms with E-state index in [2.05, 4.69) is 19.1 Å². The Morgan fingerprint density at radius 2 is 2.05 bits per heavy atom. The summed E-state index contributed by atoms with van der Waals surface area (Å²) in [6.45, 7) is 2.87. The Morgan fingerprint density at radius 3 is 2.90 bits per heavy atom. The van der Waals surface area contributed by atoms with Crippen LogP contribution in [0, 0.1) is 0 Å². The Kier molecular flexibility index (Phi) is 4.05. The fourth-order valence-electron chi connectivity index (χ4n) is 2.89. The van der Waals surface area contributed by atoms with E-state index < -0.39 is 0 Å². The number of benzene rings is 2. The molecule has 0 atom stereocenters. The Bertz CT molecular complexity index is 658. The average Bonchev–Trinajstić information content (AvgIpc) is 3.00. The Morgan fingerprint density at radius 1 is 1.19 bits per heavy atom. The third kappa shape index (κ3) is 2.99. The molecule has 0 amide bonds. The van der Waals surface area contributed by atoms with Gasteiger partial charge in [0.05, 0.1) is 6.61 Å². The van der Waals surface area contributed by atoms with Crippen LogP contribution in [0.3, 0.4) is 0 Å². The highest BCUT2D eigenvalue weighted by Gasteiger charge is 2.13. The maximum absolute atomic E-state index is 12.4. The molecule has 0 saturated carbocycles. The third-order valence-electron chi connectivity index (χ3n) is 4.09. The van der Waals surface area contributed by atoms with Gasteiger partial charge in [0.25, 0.3) is 0 Å². The van der Waals surface area contributed by atoms with Crippen LogP contribution < -0.4 is 4.74 Å². The van der Waals surface area contributed by atoms with Gasteiger partial charge in [-0.3, -0.25) is 4.79 Å². The monoisotopic (exact) mass is 280 g/mol. The molecule has 0 aliphatic carbocycles. The molecule has 0 N–H and O–H groups in total. The van der Waals surface area contributed by atoms with Crippen molar-refractivity contribution >= 4 is 5.78 Å². The van der Waals surface area contributed by atoms with Gasteiger partial charge in [-0.1, -0.05) is 43.3 Å². The number of hydrogen-bond acceptors (Lipinski definition) is 2. The second-order valence-corrected chi connectivity index (χ2v) is 5.47. The summed E-state index contributed by atoms with van der Waals surface area (Å²) in [7, 11) is 0. The minimum absolute atomic E-state index is 0.240. The molecule has 2 nitrogen and oxygen atoms in total. The van der Waals surface area contributed by atoms with Gasteiger partial charge in [0.1, 0.15) is 5.75 Å². The van der Waals surface area contributed by atoms with Crippen molar-refractivity contribution in [3.63, 3.8) is 0 Å². The first-order valence-electron chi connectivity index (χ1n) is 7.63. The second-order valence-electron chi connectivity index (χ2n) is 5.47. The number of carbonyl (C=O) groups is 1. The van der Waals surface area contributed by atoms with Crippen LogP contribution >= 0.6 is 0 Å². The molecule has 0 bridgehead atoms. The number of carbonyl (C=O) groups excluding carboxylic acids is 1. The minimum Gasteiger partial charge on any atom is -0.493 e. The third-order valence-corrected chi connectivity index (χ3v) is 4.09. The van der Waals surface area contributed by atoms with Crippen LogP contribution in [0.2, 0.25) is 0 Å². The smallest absolute Gasteiger partial charge is 0.163 e. The van der Waals surface area contributed by atoms with Crippen molar-refractivity contribution in [2.75, 3.05) is 6.61 Å². The second kappa shape index (κ2) is 6.13. The summed E-state index contributed by atoms with van der Waals surface area (Å²) in [4.78, 5) is 12.4. The molecule has 21 heavy (non-hydrogen) atoms. The van der Waals surface area contributed by atoms with Crippen molar-refractivity contribution in [2.24, 2.45) is 0 Å². The molecule has 108 valence electrons.